The fourth-order valence-electron chi connectivity index (χ4n) is 3.54. The quantitative estimate of drug-likeness (QED) is 0.652. The van der Waals surface area contributed by atoms with Crippen molar-refractivity contribution in [3.63, 3.8) is 0 Å². The normalized spacial score (nSPS) is 21.3. The number of nitrogens with zero attached hydrogens (tertiary/aromatic N) is 4. The highest BCUT2D eigenvalue weighted by Crippen LogP contribution is 2.26. The minimum Gasteiger partial charge on any atom is -0.467 e. The van der Waals surface area contributed by atoms with E-state index in [1.807, 2.05) is 16.7 Å². The number of nitrogens with one attached hydrogen (secondary N) is 1. The highest BCUT2D eigenvalue weighted by molar-refractivity contribution is 7.99. The van der Waals surface area contributed by atoms with Gasteiger partial charge in [-0.3, -0.25) is 9.36 Å². The molecule has 2 fully saturated rings. The molecular formula is C17H23N5O4S2. The van der Waals surface area contributed by atoms with Gasteiger partial charge in [0.15, 0.2) is 15.0 Å². The van der Waals surface area contributed by atoms with Gasteiger partial charge >= 0.3 is 0 Å². The molecule has 2 aromatic heterocycles. The first-order valence-corrected chi connectivity index (χ1v) is 12.1. The number of thioether (sulfide) groups is 1. The largest absolute Gasteiger partial charge is 0.467 e. The van der Waals surface area contributed by atoms with Gasteiger partial charge in [-0.25, -0.2) is 8.42 Å². The van der Waals surface area contributed by atoms with Crippen LogP contribution >= 0.6 is 11.8 Å². The highest BCUT2D eigenvalue weighted by Gasteiger charge is 2.29. The Morgan fingerprint density at radius 1 is 1.32 bits per heavy atom. The Labute approximate surface area is 167 Å². The summed E-state index contributed by atoms with van der Waals surface area (Å²) in [7, 11) is -3.01. The summed E-state index contributed by atoms with van der Waals surface area (Å²) in [4.78, 5) is 14.5. The van der Waals surface area contributed by atoms with Crippen LogP contribution in [0.5, 0.6) is 0 Å². The summed E-state index contributed by atoms with van der Waals surface area (Å²) < 4.78 is 30.5. The van der Waals surface area contributed by atoms with E-state index in [1.54, 1.807) is 6.26 Å². The molecule has 1 amide bonds. The lowest BCUT2D eigenvalue weighted by atomic mass is 10.3. The maximum absolute atomic E-state index is 12.3. The standard InChI is InChI=1S/C17H23N5O4S2/c23-15(18-13-5-9-28(24,25)12-13)11-27-17-20-19-16(21-6-1-2-7-21)22(17)10-14-4-3-8-26-14/h3-4,8,13H,1-2,5-7,9-12H2,(H,18,23). The number of hydrogen-bond acceptors (Lipinski definition) is 8. The molecule has 0 radical (unpaired) electrons. The van der Waals surface area contributed by atoms with Crippen molar-refractivity contribution in [2.24, 2.45) is 0 Å². The molecule has 0 saturated carbocycles. The smallest absolute Gasteiger partial charge is 0.230 e. The number of amides is 1. The fourth-order valence-corrected chi connectivity index (χ4v) is 5.96. The summed E-state index contributed by atoms with van der Waals surface area (Å²) in [6.07, 6.45) is 4.36. The number of hydrogen-bond donors (Lipinski definition) is 1. The van der Waals surface area contributed by atoms with Gasteiger partial charge in [0.25, 0.3) is 0 Å². The lowest BCUT2D eigenvalue weighted by molar-refractivity contribution is -0.119. The molecule has 2 aliphatic rings. The Morgan fingerprint density at radius 3 is 2.82 bits per heavy atom. The number of carbonyl (C=O) groups is 1. The number of sulfone groups is 1. The van der Waals surface area contributed by atoms with Crippen LogP contribution in [0.2, 0.25) is 0 Å². The van der Waals surface area contributed by atoms with Crippen LogP contribution in [0.25, 0.3) is 0 Å². The van der Waals surface area contributed by atoms with E-state index in [4.69, 9.17) is 4.42 Å². The minimum atomic E-state index is -3.01. The predicted molar refractivity (Wildman–Crippen MR) is 105 cm³/mol. The van der Waals surface area contributed by atoms with Crippen LogP contribution in [0.4, 0.5) is 5.95 Å². The fraction of sp³-hybridized carbons (Fsp3) is 0.588. The molecule has 0 aromatic carbocycles. The summed E-state index contributed by atoms with van der Waals surface area (Å²) in [5, 5.41) is 12.1. The van der Waals surface area contributed by atoms with E-state index in [1.165, 1.54) is 11.8 Å². The summed E-state index contributed by atoms with van der Waals surface area (Å²) >= 11 is 1.30. The molecule has 1 unspecified atom stereocenters. The molecule has 0 spiro atoms. The molecule has 4 heterocycles. The molecule has 9 nitrogen and oxygen atoms in total. The molecule has 2 aliphatic heterocycles. The van der Waals surface area contributed by atoms with Crippen LogP contribution in [-0.4, -0.2) is 65.5 Å². The lowest BCUT2D eigenvalue weighted by Crippen LogP contribution is -2.36. The molecule has 152 valence electrons. The van der Waals surface area contributed by atoms with Gasteiger partial charge in [0, 0.05) is 19.1 Å². The van der Waals surface area contributed by atoms with Gasteiger partial charge in [-0.15, -0.1) is 10.2 Å². The Balaban J connectivity index is 1.42. The molecule has 0 bridgehead atoms. The highest BCUT2D eigenvalue weighted by atomic mass is 32.2. The van der Waals surface area contributed by atoms with Crippen molar-refractivity contribution in [2.75, 3.05) is 35.2 Å². The van der Waals surface area contributed by atoms with E-state index in [9.17, 15) is 13.2 Å². The summed E-state index contributed by atoms with van der Waals surface area (Å²) in [5.41, 5.74) is 0. The molecule has 0 aliphatic carbocycles. The molecular weight excluding hydrogens is 402 g/mol. The molecule has 2 saturated heterocycles. The summed E-state index contributed by atoms with van der Waals surface area (Å²) in [5.74, 6) is 1.72. The van der Waals surface area contributed by atoms with Gasteiger partial charge in [-0.1, -0.05) is 11.8 Å². The van der Waals surface area contributed by atoms with E-state index in [0.29, 0.717) is 18.1 Å². The number of furan rings is 1. The summed E-state index contributed by atoms with van der Waals surface area (Å²) in [6, 6.07) is 3.44. The Morgan fingerprint density at radius 2 is 2.14 bits per heavy atom. The van der Waals surface area contributed by atoms with Crippen molar-refractivity contribution >= 4 is 33.5 Å². The Kier molecular flexibility index (Phi) is 5.63. The Hall–Kier alpha value is -2.01. The molecule has 1 N–H and O–H groups in total. The Bertz CT molecular complexity index is 920. The number of aromatic nitrogens is 3. The monoisotopic (exact) mass is 425 g/mol. The van der Waals surface area contributed by atoms with Gasteiger partial charge in [0.1, 0.15) is 5.76 Å². The summed E-state index contributed by atoms with van der Waals surface area (Å²) in [6.45, 7) is 2.38. The average molecular weight is 426 g/mol. The zero-order chi connectivity index (χ0) is 19.6. The SMILES string of the molecule is O=C(CSc1nnc(N2CCCC2)n1Cc1ccco1)NC1CCS(=O)(=O)C1. The first kappa shape index (κ1) is 19.3. The first-order valence-electron chi connectivity index (χ1n) is 9.33. The van der Waals surface area contributed by atoms with Crippen LogP contribution < -0.4 is 10.2 Å². The third-order valence-corrected chi connectivity index (χ3v) is 7.64. The van der Waals surface area contributed by atoms with E-state index in [2.05, 4.69) is 20.4 Å². The second-order valence-electron chi connectivity index (χ2n) is 7.10. The van der Waals surface area contributed by atoms with Crippen molar-refractivity contribution < 1.29 is 17.6 Å². The topological polar surface area (TPSA) is 110 Å². The van der Waals surface area contributed by atoms with E-state index in [0.717, 1.165) is 37.6 Å². The second kappa shape index (κ2) is 8.16. The zero-order valence-electron chi connectivity index (χ0n) is 15.4. The van der Waals surface area contributed by atoms with E-state index in [-0.39, 0.29) is 29.2 Å². The van der Waals surface area contributed by atoms with Crippen molar-refractivity contribution in [1.29, 1.82) is 0 Å². The maximum atomic E-state index is 12.3. The van der Waals surface area contributed by atoms with E-state index < -0.39 is 9.84 Å². The molecule has 1 atom stereocenters. The van der Waals surface area contributed by atoms with Crippen LogP contribution in [0.15, 0.2) is 28.0 Å². The zero-order valence-corrected chi connectivity index (χ0v) is 17.0. The van der Waals surface area contributed by atoms with Crippen LogP contribution in [-0.2, 0) is 21.2 Å². The molecule has 2 aromatic rings. The van der Waals surface area contributed by atoms with Crippen LogP contribution in [0, 0.1) is 0 Å². The number of rotatable bonds is 7. The molecule has 11 heteroatoms. The molecule has 4 rings (SSSR count). The first-order chi connectivity index (χ1) is 13.5. The predicted octanol–water partition coefficient (Wildman–Crippen LogP) is 0.915. The second-order valence-corrected chi connectivity index (χ2v) is 10.3. The van der Waals surface area contributed by atoms with Gasteiger partial charge in [-0.05, 0) is 31.4 Å². The number of carbonyl (C=O) groups excluding carboxylic acids is 1. The molecule has 28 heavy (non-hydrogen) atoms. The van der Waals surface area contributed by atoms with Crippen molar-refractivity contribution in [1.82, 2.24) is 20.1 Å². The van der Waals surface area contributed by atoms with Gasteiger partial charge in [0.05, 0.1) is 30.1 Å². The lowest BCUT2D eigenvalue weighted by Gasteiger charge is -2.17. The van der Waals surface area contributed by atoms with Crippen LogP contribution in [0.1, 0.15) is 25.0 Å². The number of anilines is 1. The van der Waals surface area contributed by atoms with E-state index >= 15 is 0 Å². The van der Waals surface area contributed by atoms with Gasteiger partial charge in [-0.2, -0.15) is 0 Å². The minimum absolute atomic E-state index is 0.0250. The van der Waals surface area contributed by atoms with Crippen molar-refractivity contribution in [3.8, 4) is 0 Å². The van der Waals surface area contributed by atoms with Crippen LogP contribution in [0.3, 0.4) is 0 Å². The van der Waals surface area contributed by atoms with Gasteiger partial charge < -0.3 is 14.6 Å². The maximum Gasteiger partial charge on any atom is 0.230 e. The third kappa shape index (κ3) is 4.52. The average Bonchev–Trinajstić information content (AvgIpc) is 3.42. The van der Waals surface area contributed by atoms with Crippen molar-refractivity contribution in [3.05, 3.63) is 24.2 Å². The van der Waals surface area contributed by atoms with Gasteiger partial charge in [0.2, 0.25) is 11.9 Å². The third-order valence-electron chi connectivity index (χ3n) is 4.91. The van der Waals surface area contributed by atoms with Crippen molar-refractivity contribution in [2.45, 2.75) is 37.0 Å².